The molecule has 17 heavy (non-hydrogen) atoms. The fraction of sp³-hybridized carbons (Fsp3) is 0.600. The Morgan fingerprint density at radius 2 is 2.18 bits per heavy atom. The van der Waals surface area contributed by atoms with Gasteiger partial charge in [0.25, 0.3) is 0 Å². The summed E-state index contributed by atoms with van der Waals surface area (Å²) in [5.74, 6) is 1.63. The Hall–Kier alpha value is -0.860. The van der Waals surface area contributed by atoms with Crippen molar-refractivity contribution < 1.29 is 4.74 Å². The first kappa shape index (κ1) is 12.6. The van der Waals surface area contributed by atoms with Crippen LogP contribution in [0.2, 0.25) is 0 Å². The zero-order valence-electron chi connectivity index (χ0n) is 10.9. The number of ether oxygens (including phenoxy) is 1. The first-order valence-electron chi connectivity index (χ1n) is 6.64. The largest absolute Gasteiger partial charge is 0.383 e. The van der Waals surface area contributed by atoms with Gasteiger partial charge in [0.1, 0.15) is 0 Å². The summed E-state index contributed by atoms with van der Waals surface area (Å²) in [5.41, 5.74) is 3.10. The van der Waals surface area contributed by atoms with Gasteiger partial charge in [0.05, 0.1) is 6.61 Å². The fourth-order valence-electron chi connectivity index (χ4n) is 2.53. The van der Waals surface area contributed by atoms with Crippen molar-refractivity contribution in [2.24, 2.45) is 5.92 Å². The number of hydrogen-bond acceptors (Lipinski definition) is 2. The van der Waals surface area contributed by atoms with Gasteiger partial charge in [-0.3, -0.25) is 0 Å². The van der Waals surface area contributed by atoms with Gasteiger partial charge in [-0.25, -0.2) is 0 Å². The van der Waals surface area contributed by atoms with Gasteiger partial charge in [-0.2, -0.15) is 0 Å². The molecule has 1 aromatic carbocycles. The van der Waals surface area contributed by atoms with Crippen molar-refractivity contribution in [1.82, 2.24) is 5.32 Å². The van der Waals surface area contributed by atoms with E-state index in [0.717, 1.165) is 38.0 Å². The molecule has 2 unspecified atom stereocenters. The molecule has 0 heterocycles. The van der Waals surface area contributed by atoms with E-state index in [4.69, 9.17) is 4.74 Å². The molecule has 0 amide bonds. The van der Waals surface area contributed by atoms with E-state index in [2.05, 4.69) is 36.5 Å². The first-order valence-corrected chi connectivity index (χ1v) is 6.64. The quantitative estimate of drug-likeness (QED) is 0.731. The highest BCUT2D eigenvalue weighted by Gasteiger charge is 2.38. The third-order valence-corrected chi connectivity index (χ3v) is 3.65. The minimum absolute atomic E-state index is 0.793. The SMILES string of the molecule is CCc1ccccc1C1CC1CNCCOC. The van der Waals surface area contributed by atoms with Crippen molar-refractivity contribution in [2.75, 3.05) is 26.8 Å². The number of aryl methyl sites for hydroxylation is 1. The highest BCUT2D eigenvalue weighted by molar-refractivity contribution is 5.34. The molecule has 2 nitrogen and oxygen atoms in total. The maximum Gasteiger partial charge on any atom is 0.0587 e. The van der Waals surface area contributed by atoms with Crippen molar-refractivity contribution in [3.8, 4) is 0 Å². The van der Waals surface area contributed by atoms with Crippen LogP contribution >= 0.6 is 0 Å². The molecule has 94 valence electrons. The molecule has 0 radical (unpaired) electrons. The molecule has 0 bridgehead atoms. The van der Waals surface area contributed by atoms with Gasteiger partial charge in [0.2, 0.25) is 0 Å². The zero-order chi connectivity index (χ0) is 12.1. The van der Waals surface area contributed by atoms with Crippen LogP contribution in [-0.2, 0) is 11.2 Å². The monoisotopic (exact) mass is 233 g/mol. The average Bonchev–Trinajstić information content (AvgIpc) is 3.14. The van der Waals surface area contributed by atoms with Crippen molar-refractivity contribution in [1.29, 1.82) is 0 Å². The predicted molar refractivity (Wildman–Crippen MR) is 71.4 cm³/mol. The van der Waals surface area contributed by atoms with E-state index in [1.807, 2.05) is 0 Å². The third kappa shape index (κ3) is 3.30. The molecule has 1 saturated carbocycles. The number of nitrogens with one attached hydrogen (secondary N) is 1. The second-order valence-electron chi connectivity index (χ2n) is 4.85. The highest BCUT2D eigenvalue weighted by atomic mass is 16.5. The Morgan fingerprint density at radius 1 is 1.35 bits per heavy atom. The lowest BCUT2D eigenvalue weighted by Crippen LogP contribution is -2.21. The molecule has 1 aliphatic carbocycles. The van der Waals surface area contributed by atoms with Crippen LogP contribution in [0.15, 0.2) is 24.3 Å². The topological polar surface area (TPSA) is 21.3 Å². The van der Waals surface area contributed by atoms with Crippen LogP contribution in [0.25, 0.3) is 0 Å². The Morgan fingerprint density at radius 3 is 2.94 bits per heavy atom. The predicted octanol–water partition coefficient (Wildman–Crippen LogP) is 2.59. The van der Waals surface area contributed by atoms with Gasteiger partial charge < -0.3 is 10.1 Å². The van der Waals surface area contributed by atoms with Gasteiger partial charge in [-0.05, 0) is 42.3 Å². The summed E-state index contributed by atoms with van der Waals surface area (Å²) in [4.78, 5) is 0. The molecule has 1 aliphatic rings. The van der Waals surface area contributed by atoms with Crippen LogP contribution in [0.1, 0.15) is 30.4 Å². The van der Waals surface area contributed by atoms with Crippen LogP contribution in [-0.4, -0.2) is 26.8 Å². The summed E-state index contributed by atoms with van der Waals surface area (Å²) in [6.07, 6.45) is 2.49. The molecule has 0 aliphatic heterocycles. The fourth-order valence-corrected chi connectivity index (χ4v) is 2.53. The molecule has 1 aromatic rings. The molecule has 2 atom stereocenters. The lowest BCUT2D eigenvalue weighted by Gasteiger charge is -2.07. The lowest BCUT2D eigenvalue weighted by molar-refractivity contribution is 0.199. The average molecular weight is 233 g/mol. The summed E-state index contributed by atoms with van der Waals surface area (Å²) in [7, 11) is 1.75. The van der Waals surface area contributed by atoms with Gasteiger partial charge in [0, 0.05) is 13.7 Å². The van der Waals surface area contributed by atoms with E-state index < -0.39 is 0 Å². The maximum atomic E-state index is 5.03. The van der Waals surface area contributed by atoms with Gasteiger partial charge >= 0.3 is 0 Å². The lowest BCUT2D eigenvalue weighted by atomic mass is 10.0. The van der Waals surface area contributed by atoms with Gasteiger partial charge in [-0.1, -0.05) is 31.2 Å². The van der Waals surface area contributed by atoms with E-state index >= 15 is 0 Å². The standard InChI is InChI=1S/C15H23NO/c1-3-12-6-4-5-7-14(12)15-10-13(15)11-16-8-9-17-2/h4-7,13,15-16H,3,8-11H2,1-2H3. The number of hydrogen-bond donors (Lipinski definition) is 1. The smallest absolute Gasteiger partial charge is 0.0587 e. The van der Waals surface area contributed by atoms with E-state index in [1.54, 1.807) is 12.7 Å². The summed E-state index contributed by atoms with van der Waals surface area (Å²) in [6, 6.07) is 8.89. The maximum absolute atomic E-state index is 5.03. The third-order valence-electron chi connectivity index (χ3n) is 3.65. The Bertz CT molecular complexity index is 351. The Labute approximate surface area is 104 Å². The van der Waals surface area contributed by atoms with Crippen molar-refractivity contribution >= 4 is 0 Å². The van der Waals surface area contributed by atoms with E-state index in [0.29, 0.717) is 0 Å². The van der Waals surface area contributed by atoms with Crippen LogP contribution < -0.4 is 5.32 Å². The van der Waals surface area contributed by atoms with E-state index in [-0.39, 0.29) is 0 Å². The summed E-state index contributed by atoms with van der Waals surface area (Å²) < 4.78 is 5.03. The number of benzene rings is 1. The van der Waals surface area contributed by atoms with Crippen LogP contribution in [0, 0.1) is 5.92 Å². The molecule has 1 N–H and O–H groups in total. The zero-order valence-corrected chi connectivity index (χ0v) is 10.9. The second kappa shape index (κ2) is 6.18. The van der Waals surface area contributed by atoms with Gasteiger partial charge in [-0.15, -0.1) is 0 Å². The molecule has 2 rings (SSSR count). The normalized spacial score (nSPS) is 22.7. The van der Waals surface area contributed by atoms with Crippen LogP contribution in [0.5, 0.6) is 0 Å². The van der Waals surface area contributed by atoms with Crippen molar-refractivity contribution in [2.45, 2.75) is 25.7 Å². The molecule has 1 fully saturated rings. The summed E-state index contributed by atoms with van der Waals surface area (Å²) >= 11 is 0. The van der Waals surface area contributed by atoms with Crippen LogP contribution in [0.3, 0.4) is 0 Å². The molecular weight excluding hydrogens is 210 g/mol. The molecule has 2 heteroatoms. The van der Waals surface area contributed by atoms with Crippen molar-refractivity contribution in [3.05, 3.63) is 35.4 Å². The minimum atomic E-state index is 0.793. The summed E-state index contributed by atoms with van der Waals surface area (Å²) in [5, 5.41) is 3.46. The van der Waals surface area contributed by atoms with Crippen LogP contribution in [0.4, 0.5) is 0 Å². The molecule has 0 saturated heterocycles. The van der Waals surface area contributed by atoms with E-state index in [1.165, 1.54) is 12.0 Å². The Kier molecular flexibility index (Phi) is 4.57. The van der Waals surface area contributed by atoms with Gasteiger partial charge in [0.15, 0.2) is 0 Å². The Balaban J connectivity index is 1.81. The summed E-state index contributed by atoms with van der Waals surface area (Å²) in [6.45, 7) is 5.15. The second-order valence-corrected chi connectivity index (χ2v) is 4.85. The van der Waals surface area contributed by atoms with Crippen molar-refractivity contribution in [3.63, 3.8) is 0 Å². The molecular formula is C15H23NO. The highest BCUT2D eigenvalue weighted by Crippen LogP contribution is 2.48. The molecule has 0 spiro atoms. The number of rotatable bonds is 7. The number of methoxy groups -OCH3 is 1. The molecule has 0 aromatic heterocycles. The minimum Gasteiger partial charge on any atom is -0.383 e. The van der Waals surface area contributed by atoms with E-state index in [9.17, 15) is 0 Å². The first-order chi connectivity index (χ1) is 8.36.